The van der Waals surface area contributed by atoms with Gasteiger partial charge in [0, 0.05) is 12.6 Å². The summed E-state index contributed by atoms with van der Waals surface area (Å²) in [7, 11) is 0. The van der Waals surface area contributed by atoms with Crippen molar-refractivity contribution < 1.29 is 14.7 Å². The summed E-state index contributed by atoms with van der Waals surface area (Å²) in [6, 6.07) is 3.10. The number of anilines is 1. The van der Waals surface area contributed by atoms with Crippen molar-refractivity contribution in [3.8, 4) is 0 Å². The average Bonchev–Trinajstić information content (AvgIpc) is 2.39. The maximum absolute atomic E-state index is 10.9. The lowest BCUT2D eigenvalue weighted by Crippen LogP contribution is -2.41. The van der Waals surface area contributed by atoms with Gasteiger partial charge in [0.15, 0.2) is 11.5 Å². The van der Waals surface area contributed by atoms with Crippen LogP contribution in [0.25, 0.3) is 0 Å². The zero-order valence-corrected chi connectivity index (χ0v) is 10.5. The molecule has 1 aromatic heterocycles. The largest absolute Gasteiger partial charge is 0.481 e. The lowest BCUT2D eigenvalue weighted by Gasteiger charge is -2.35. The van der Waals surface area contributed by atoms with Crippen LogP contribution in [-0.4, -0.2) is 39.8 Å². The number of rotatable bonds is 4. The van der Waals surface area contributed by atoms with Crippen LogP contribution in [0.3, 0.4) is 0 Å². The Bertz CT molecular complexity index is 474. The van der Waals surface area contributed by atoms with Crippen LogP contribution in [0.2, 0.25) is 0 Å². The van der Waals surface area contributed by atoms with Gasteiger partial charge in [-0.25, -0.2) is 0 Å². The SMILES string of the molecule is NC(=O)c1ccc(N2CCCCC2CC(=O)O)nn1. The molecule has 7 heteroatoms. The van der Waals surface area contributed by atoms with Crippen LogP contribution in [0.4, 0.5) is 5.82 Å². The Balaban J connectivity index is 2.17. The third-order valence-corrected chi connectivity index (χ3v) is 3.23. The van der Waals surface area contributed by atoms with E-state index in [1.807, 2.05) is 4.90 Å². The van der Waals surface area contributed by atoms with Crippen molar-refractivity contribution in [2.45, 2.75) is 31.7 Å². The quantitative estimate of drug-likeness (QED) is 0.815. The molecule has 1 unspecified atom stereocenters. The van der Waals surface area contributed by atoms with Crippen LogP contribution < -0.4 is 10.6 Å². The van der Waals surface area contributed by atoms with Crippen LogP contribution in [0.1, 0.15) is 36.2 Å². The molecule has 7 nitrogen and oxygen atoms in total. The van der Waals surface area contributed by atoms with E-state index in [2.05, 4.69) is 10.2 Å². The number of carboxylic acids is 1. The molecule has 1 fully saturated rings. The zero-order chi connectivity index (χ0) is 13.8. The molecule has 0 bridgehead atoms. The summed E-state index contributed by atoms with van der Waals surface area (Å²) in [5.74, 6) is -0.852. The molecular formula is C12H16N4O3. The molecule has 3 N–H and O–H groups in total. The minimum Gasteiger partial charge on any atom is -0.481 e. The highest BCUT2D eigenvalue weighted by Gasteiger charge is 2.26. The van der Waals surface area contributed by atoms with Gasteiger partial charge in [-0.2, -0.15) is 0 Å². The summed E-state index contributed by atoms with van der Waals surface area (Å²) >= 11 is 0. The Labute approximate surface area is 110 Å². The Morgan fingerprint density at radius 3 is 2.74 bits per heavy atom. The summed E-state index contributed by atoms with van der Waals surface area (Å²) in [4.78, 5) is 23.7. The maximum atomic E-state index is 10.9. The van der Waals surface area contributed by atoms with Crippen molar-refractivity contribution in [3.63, 3.8) is 0 Å². The number of piperidine rings is 1. The number of amides is 1. The van der Waals surface area contributed by atoms with Crippen molar-refractivity contribution in [3.05, 3.63) is 17.8 Å². The second-order valence-electron chi connectivity index (χ2n) is 4.58. The molecule has 1 aliphatic heterocycles. The van der Waals surface area contributed by atoms with E-state index in [0.29, 0.717) is 5.82 Å². The molecule has 0 aromatic carbocycles. The Hall–Kier alpha value is -2.18. The minimum absolute atomic E-state index is 0.0695. The Morgan fingerprint density at radius 2 is 2.16 bits per heavy atom. The van der Waals surface area contributed by atoms with E-state index in [4.69, 9.17) is 10.8 Å². The van der Waals surface area contributed by atoms with Gasteiger partial charge in [0.2, 0.25) is 0 Å². The number of carbonyl (C=O) groups excluding carboxylic acids is 1. The average molecular weight is 264 g/mol. The number of nitrogens with zero attached hydrogens (tertiary/aromatic N) is 3. The van der Waals surface area contributed by atoms with E-state index in [0.717, 1.165) is 25.8 Å². The van der Waals surface area contributed by atoms with Crippen LogP contribution >= 0.6 is 0 Å². The number of hydrogen-bond acceptors (Lipinski definition) is 5. The fourth-order valence-electron chi connectivity index (χ4n) is 2.33. The van der Waals surface area contributed by atoms with Crippen LogP contribution in [-0.2, 0) is 4.79 Å². The second kappa shape index (κ2) is 5.64. The fraction of sp³-hybridized carbons (Fsp3) is 0.500. The summed E-state index contributed by atoms with van der Waals surface area (Å²) in [5, 5.41) is 16.6. The molecule has 1 amide bonds. The molecule has 0 radical (unpaired) electrons. The van der Waals surface area contributed by atoms with Gasteiger partial charge in [-0.15, -0.1) is 10.2 Å². The molecule has 1 aromatic rings. The van der Waals surface area contributed by atoms with E-state index < -0.39 is 11.9 Å². The monoisotopic (exact) mass is 264 g/mol. The first kappa shape index (κ1) is 13.3. The molecule has 0 aliphatic carbocycles. The van der Waals surface area contributed by atoms with E-state index in [-0.39, 0.29) is 18.2 Å². The first-order valence-electron chi connectivity index (χ1n) is 6.20. The van der Waals surface area contributed by atoms with E-state index in [9.17, 15) is 9.59 Å². The highest BCUT2D eigenvalue weighted by atomic mass is 16.4. The van der Waals surface area contributed by atoms with Crippen molar-refractivity contribution in [1.29, 1.82) is 0 Å². The minimum atomic E-state index is -0.821. The Morgan fingerprint density at radius 1 is 1.37 bits per heavy atom. The van der Waals surface area contributed by atoms with Crippen molar-refractivity contribution in [2.24, 2.45) is 5.73 Å². The van der Waals surface area contributed by atoms with E-state index >= 15 is 0 Å². The van der Waals surface area contributed by atoms with Gasteiger partial charge in [0.25, 0.3) is 5.91 Å². The molecule has 1 saturated heterocycles. The molecule has 0 saturated carbocycles. The topological polar surface area (TPSA) is 109 Å². The van der Waals surface area contributed by atoms with E-state index in [1.54, 1.807) is 6.07 Å². The van der Waals surface area contributed by atoms with Gasteiger partial charge in [-0.3, -0.25) is 9.59 Å². The van der Waals surface area contributed by atoms with Crippen molar-refractivity contribution in [1.82, 2.24) is 10.2 Å². The number of nitrogens with two attached hydrogens (primary N) is 1. The highest BCUT2D eigenvalue weighted by Crippen LogP contribution is 2.24. The molecule has 1 atom stereocenters. The second-order valence-corrected chi connectivity index (χ2v) is 4.58. The summed E-state index contributed by atoms with van der Waals surface area (Å²) in [6.45, 7) is 0.753. The van der Waals surface area contributed by atoms with E-state index in [1.165, 1.54) is 6.07 Å². The van der Waals surface area contributed by atoms with Gasteiger partial charge in [-0.05, 0) is 31.4 Å². The lowest BCUT2D eigenvalue weighted by atomic mass is 9.99. The van der Waals surface area contributed by atoms with Gasteiger partial charge in [0.05, 0.1) is 6.42 Å². The summed E-state index contributed by atoms with van der Waals surface area (Å²) in [6.07, 6.45) is 2.92. The predicted molar refractivity (Wildman–Crippen MR) is 67.8 cm³/mol. The number of primary amides is 1. The highest BCUT2D eigenvalue weighted by molar-refractivity contribution is 5.90. The summed E-state index contributed by atoms with van der Waals surface area (Å²) in [5.41, 5.74) is 5.21. The van der Waals surface area contributed by atoms with Crippen molar-refractivity contribution >= 4 is 17.7 Å². The molecular weight excluding hydrogens is 248 g/mol. The van der Waals surface area contributed by atoms with Crippen LogP contribution in [0.15, 0.2) is 12.1 Å². The third kappa shape index (κ3) is 3.18. The molecule has 19 heavy (non-hydrogen) atoms. The van der Waals surface area contributed by atoms with Crippen LogP contribution in [0.5, 0.6) is 0 Å². The van der Waals surface area contributed by atoms with Gasteiger partial charge in [-0.1, -0.05) is 0 Å². The summed E-state index contributed by atoms with van der Waals surface area (Å²) < 4.78 is 0. The standard InChI is InChI=1S/C12H16N4O3/c13-12(19)9-4-5-10(15-14-9)16-6-2-1-3-8(16)7-11(17)18/h4-5,8H,1-3,6-7H2,(H2,13,19)(H,17,18). The Kier molecular flexibility index (Phi) is 3.94. The van der Waals surface area contributed by atoms with Crippen molar-refractivity contribution in [2.75, 3.05) is 11.4 Å². The van der Waals surface area contributed by atoms with Gasteiger partial charge >= 0.3 is 5.97 Å². The zero-order valence-electron chi connectivity index (χ0n) is 10.5. The molecule has 1 aliphatic rings. The van der Waals surface area contributed by atoms with Gasteiger partial charge in [0.1, 0.15) is 0 Å². The normalized spacial score (nSPS) is 19.2. The number of aliphatic carboxylic acids is 1. The molecule has 0 spiro atoms. The third-order valence-electron chi connectivity index (χ3n) is 3.23. The molecule has 102 valence electrons. The maximum Gasteiger partial charge on any atom is 0.305 e. The van der Waals surface area contributed by atoms with Crippen LogP contribution in [0, 0.1) is 0 Å². The molecule has 2 rings (SSSR count). The first-order chi connectivity index (χ1) is 9.08. The smallest absolute Gasteiger partial charge is 0.305 e. The number of aromatic nitrogens is 2. The molecule has 2 heterocycles. The first-order valence-corrected chi connectivity index (χ1v) is 6.20. The number of carboxylic acid groups (broad SMARTS) is 1. The number of hydrogen-bond donors (Lipinski definition) is 2. The van der Waals surface area contributed by atoms with Gasteiger partial charge < -0.3 is 15.7 Å². The lowest BCUT2D eigenvalue weighted by molar-refractivity contribution is -0.137. The number of carbonyl (C=O) groups is 2. The predicted octanol–water partition coefficient (Wildman–Crippen LogP) is 0.409. The fourth-order valence-corrected chi connectivity index (χ4v) is 2.33.